The Balaban J connectivity index is 2.04. The Kier molecular flexibility index (Phi) is 5.31. The maximum atomic E-state index is 12.1. The second-order valence-electron chi connectivity index (χ2n) is 7.78. The summed E-state index contributed by atoms with van der Waals surface area (Å²) in [6, 6.07) is 0.805. The molecule has 3 unspecified atom stereocenters. The molecular weight excluding hydrogens is 262 g/mol. The topological polar surface area (TPSA) is 58.4 Å². The van der Waals surface area contributed by atoms with Gasteiger partial charge in [0.15, 0.2) is 0 Å². The summed E-state index contributed by atoms with van der Waals surface area (Å²) < 4.78 is 0. The molecule has 1 heterocycles. The fourth-order valence-corrected chi connectivity index (χ4v) is 4.23. The Labute approximate surface area is 129 Å². The maximum absolute atomic E-state index is 12.1. The van der Waals surface area contributed by atoms with Gasteiger partial charge in [-0.15, -0.1) is 0 Å². The van der Waals surface area contributed by atoms with E-state index in [9.17, 15) is 4.79 Å². The average Bonchev–Trinajstić information content (AvgIpc) is 2.87. The van der Waals surface area contributed by atoms with Gasteiger partial charge in [0.2, 0.25) is 5.91 Å². The number of rotatable bonds is 5. The highest BCUT2D eigenvalue weighted by molar-refractivity contribution is 5.85. The fourth-order valence-electron chi connectivity index (χ4n) is 4.23. The van der Waals surface area contributed by atoms with Gasteiger partial charge in [0.25, 0.3) is 0 Å². The predicted octanol–water partition coefficient (Wildman–Crippen LogP) is 2.13. The molecule has 1 aliphatic carbocycles. The highest BCUT2D eigenvalue weighted by Gasteiger charge is 2.44. The first-order chi connectivity index (χ1) is 9.84. The average molecular weight is 295 g/mol. The zero-order valence-electron chi connectivity index (χ0n) is 14.2. The van der Waals surface area contributed by atoms with Crippen molar-refractivity contribution >= 4 is 5.91 Å². The lowest BCUT2D eigenvalue weighted by Gasteiger charge is -2.43. The molecule has 0 aromatic carbocycles. The molecule has 122 valence electrons. The number of hydrogen-bond acceptors (Lipinski definition) is 3. The molecule has 3 N–H and O–H groups in total. The molecule has 1 saturated heterocycles. The van der Waals surface area contributed by atoms with E-state index in [1.54, 1.807) is 0 Å². The normalized spacial score (nSPS) is 34.8. The lowest BCUT2D eigenvalue weighted by Crippen LogP contribution is -2.62. The van der Waals surface area contributed by atoms with Crippen molar-refractivity contribution in [3.8, 4) is 0 Å². The monoisotopic (exact) mass is 295 g/mol. The van der Waals surface area contributed by atoms with Crippen LogP contribution in [0.2, 0.25) is 0 Å². The summed E-state index contributed by atoms with van der Waals surface area (Å²) in [6.45, 7) is 11.2. The van der Waals surface area contributed by atoms with Gasteiger partial charge in [0, 0.05) is 18.6 Å². The zero-order chi connectivity index (χ0) is 15.6. The fraction of sp³-hybridized carbons (Fsp3) is 0.941. The van der Waals surface area contributed by atoms with Gasteiger partial charge in [-0.05, 0) is 64.3 Å². The van der Waals surface area contributed by atoms with E-state index >= 15 is 0 Å². The van der Waals surface area contributed by atoms with Gasteiger partial charge < -0.3 is 16.0 Å². The first-order valence-corrected chi connectivity index (χ1v) is 8.65. The van der Waals surface area contributed by atoms with E-state index in [0.29, 0.717) is 12.1 Å². The molecule has 0 aromatic heterocycles. The predicted molar refractivity (Wildman–Crippen MR) is 87.0 cm³/mol. The number of hydrogen-bond donors (Lipinski definition) is 2. The number of nitrogens with zero attached hydrogens (tertiary/aromatic N) is 1. The van der Waals surface area contributed by atoms with Gasteiger partial charge in [-0.25, -0.2) is 0 Å². The summed E-state index contributed by atoms with van der Waals surface area (Å²) >= 11 is 0. The van der Waals surface area contributed by atoms with Crippen molar-refractivity contribution in [2.75, 3.05) is 13.1 Å². The van der Waals surface area contributed by atoms with E-state index in [1.165, 1.54) is 25.9 Å². The maximum Gasteiger partial charge on any atom is 0.237 e. The van der Waals surface area contributed by atoms with Crippen molar-refractivity contribution in [2.45, 2.75) is 77.4 Å². The quantitative estimate of drug-likeness (QED) is 0.817. The van der Waals surface area contributed by atoms with Crippen LogP contribution in [0, 0.1) is 11.8 Å². The number of likely N-dealkylation sites (tertiary alicyclic amines) is 1. The van der Waals surface area contributed by atoms with Crippen LogP contribution in [0.4, 0.5) is 0 Å². The van der Waals surface area contributed by atoms with Gasteiger partial charge in [-0.1, -0.05) is 13.8 Å². The summed E-state index contributed by atoms with van der Waals surface area (Å²) in [5.74, 6) is 1.40. The first kappa shape index (κ1) is 16.8. The molecular formula is C17H33N3O. The van der Waals surface area contributed by atoms with Crippen LogP contribution in [0.5, 0.6) is 0 Å². The second kappa shape index (κ2) is 6.66. The summed E-state index contributed by atoms with van der Waals surface area (Å²) in [5.41, 5.74) is 5.27. The van der Waals surface area contributed by atoms with E-state index in [2.05, 4.69) is 37.9 Å². The van der Waals surface area contributed by atoms with Crippen molar-refractivity contribution < 1.29 is 4.79 Å². The SMILES string of the molecule is CC(C)NC1(C(N)=O)CCCC(N2CCC(C(C)C)C2)C1. The van der Waals surface area contributed by atoms with Crippen LogP contribution >= 0.6 is 0 Å². The standard InChI is InChI=1S/C17H33N3O/c1-12(2)14-7-9-20(11-14)15-6-5-8-17(10-15,16(18)21)19-13(3)4/h12-15,19H,5-11H2,1-4H3,(H2,18,21). The molecule has 0 radical (unpaired) electrons. The third-order valence-electron chi connectivity index (χ3n) is 5.48. The number of amides is 1. The molecule has 0 bridgehead atoms. The van der Waals surface area contributed by atoms with E-state index in [1.807, 2.05) is 0 Å². The third-order valence-corrected chi connectivity index (χ3v) is 5.48. The first-order valence-electron chi connectivity index (χ1n) is 8.65. The van der Waals surface area contributed by atoms with Gasteiger partial charge in [0.05, 0.1) is 5.54 Å². The van der Waals surface area contributed by atoms with E-state index < -0.39 is 5.54 Å². The van der Waals surface area contributed by atoms with Crippen molar-refractivity contribution in [2.24, 2.45) is 17.6 Å². The van der Waals surface area contributed by atoms with Gasteiger partial charge in [0.1, 0.15) is 0 Å². The molecule has 3 atom stereocenters. The van der Waals surface area contributed by atoms with Crippen LogP contribution in [-0.2, 0) is 4.79 Å². The minimum Gasteiger partial charge on any atom is -0.368 e. The summed E-state index contributed by atoms with van der Waals surface area (Å²) in [6.07, 6.45) is 5.37. The van der Waals surface area contributed by atoms with E-state index in [-0.39, 0.29) is 5.91 Å². The molecule has 1 aliphatic heterocycles. The Morgan fingerprint density at radius 1 is 1.29 bits per heavy atom. The molecule has 0 spiro atoms. The molecule has 21 heavy (non-hydrogen) atoms. The Hall–Kier alpha value is -0.610. The van der Waals surface area contributed by atoms with Gasteiger partial charge in [-0.3, -0.25) is 4.79 Å². The highest BCUT2D eigenvalue weighted by atomic mass is 16.1. The van der Waals surface area contributed by atoms with Crippen LogP contribution in [0.25, 0.3) is 0 Å². The minimum atomic E-state index is -0.493. The molecule has 2 fully saturated rings. The summed E-state index contributed by atoms with van der Waals surface area (Å²) in [7, 11) is 0. The van der Waals surface area contributed by atoms with E-state index in [0.717, 1.165) is 31.1 Å². The summed E-state index contributed by atoms with van der Waals surface area (Å²) in [4.78, 5) is 14.7. The van der Waals surface area contributed by atoms with Crippen LogP contribution < -0.4 is 11.1 Å². The molecule has 4 nitrogen and oxygen atoms in total. The van der Waals surface area contributed by atoms with Crippen molar-refractivity contribution in [3.63, 3.8) is 0 Å². The largest absolute Gasteiger partial charge is 0.368 e. The van der Waals surface area contributed by atoms with Crippen molar-refractivity contribution in [3.05, 3.63) is 0 Å². The van der Waals surface area contributed by atoms with Crippen LogP contribution in [-0.4, -0.2) is 41.5 Å². The molecule has 4 heteroatoms. The summed E-state index contributed by atoms with van der Waals surface area (Å²) in [5, 5.41) is 3.48. The number of primary amides is 1. The van der Waals surface area contributed by atoms with Crippen molar-refractivity contribution in [1.82, 2.24) is 10.2 Å². The minimum absolute atomic E-state index is 0.166. The number of carbonyl (C=O) groups excluding carboxylic acids is 1. The molecule has 2 rings (SSSR count). The van der Waals surface area contributed by atoms with Gasteiger partial charge >= 0.3 is 0 Å². The number of nitrogens with one attached hydrogen (secondary N) is 1. The smallest absolute Gasteiger partial charge is 0.237 e. The molecule has 2 aliphatic rings. The van der Waals surface area contributed by atoms with Crippen LogP contribution in [0.1, 0.15) is 59.8 Å². The van der Waals surface area contributed by atoms with Crippen molar-refractivity contribution in [1.29, 1.82) is 0 Å². The Bertz CT molecular complexity index is 369. The molecule has 1 amide bonds. The van der Waals surface area contributed by atoms with Crippen LogP contribution in [0.3, 0.4) is 0 Å². The number of nitrogens with two attached hydrogens (primary N) is 1. The van der Waals surface area contributed by atoms with Crippen LogP contribution in [0.15, 0.2) is 0 Å². The molecule has 0 aromatic rings. The van der Waals surface area contributed by atoms with E-state index in [4.69, 9.17) is 5.73 Å². The third kappa shape index (κ3) is 3.78. The number of carbonyl (C=O) groups is 1. The zero-order valence-corrected chi connectivity index (χ0v) is 14.2. The Morgan fingerprint density at radius 3 is 2.52 bits per heavy atom. The van der Waals surface area contributed by atoms with Gasteiger partial charge in [-0.2, -0.15) is 0 Å². The Morgan fingerprint density at radius 2 is 2.00 bits per heavy atom. The second-order valence-corrected chi connectivity index (χ2v) is 7.78. The lowest BCUT2D eigenvalue weighted by molar-refractivity contribution is -0.127. The highest BCUT2D eigenvalue weighted by Crippen LogP contribution is 2.35. The molecule has 1 saturated carbocycles. The lowest BCUT2D eigenvalue weighted by atomic mass is 9.77.